The highest BCUT2D eigenvalue weighted by molar-refractivity contribution is 5.31. The zero-order valence-corrected chi connectivity index (χ0v) is 12.5. The number of rotatable bonds is 4. The number of benzene rings is 1. The molecule has 0 amide bonds. The van der Waals surface area contributed by atoms with Crippen LogP contribution in [0.5, 0.6) is 0 Å². The second-order valence-electron chi connectivity index (χ2n) is 5.55. The van der Waals surface area contributed by atoms with Crippen molar-refractivity contribution < 1.29 is 4.74 Å². The number of hydrogen-bond donors (Lipinski definition) is 1. The third-order valence-electron chi connectivity index (χ3n) is 4.22. The SMILES string of the molecule is CCc1cccnc1C(N)CC1OCCc2ccccc21. The Bertz CT molecular complexity index is 612. The molecule has 3 nitrogen and oxygen atoms in total. The lowest BCUT2D eigenvalue weighted by Gasteiger charge is -2.28. The van der Waals surface area contributed by atoms with E-state index in [2.05, 4.69) is 42.2 Å². The van der Waals surface area contributed by atoms with Gasteiger partial charge in [-0.1, -0.05) is 37.3 Å². The lowest BCUT2D eigenvalue weighted by molar-refractivity contribution is 0.0317. The van der Waals surface area contributed by atoms with Crippen LogP contribution in [0.4, 0.5) is 0 Å². The largest absolute Gasteiger partial charge is 0.373 e. The summed E-state index contributed by atoms with van der Waals surface area (Å²) in [6.45, 7) is 2.91. The summed E-state index contributed by atoms with van der Waals surface area (Å²) in [5, 5.41) is 0. The maximum absolute atomic E-state index is 6.42. The first kappa shape index (κ1) is 14.2. The Morgan fingerprint density at radius 3 is 3.00 bits per heavy atom. The van der Waals surface area contributed by atoms with Crippen molar-refractivity contribution in [2.45, 2.75) is 38.3 Å². The van der Waals surface area contributed by atoms with Crippen LogP contribution in [0, 0.1) is 0 Å². The molecule has 0 fully saturated rings. The van der Waals surface area contributed by atoms with Crippen molar-refractivity contribution in [2.24, 2.45) is 5.73 Å². The molecule has 21 heavy (non-hydrogen) atoms. The summed E-state index contributed by atoms with van der Waals surface area (Å²) in [5.41, 5.74) is 11.3. The average Bonchev–Trinajstić information content (AvgIpc) is 2.55. The van der Waals surface area contributed by atoms with Crippen LogP contribution in [-0.2, 0) is 17.6 Å². The van der Waals surface area contributed by atoms with E-state index in [0.29, 0.717) is 0 Å². The molecule has 110 valence electrons. The second kappa shape index (κ2) is 6.37. The number of aromatic nitrogens is 1. The Morgan fingerprint density at radius 1 is 1.29 bits per heavy atom. The van der Waals surface area contributed by atoms with Crippen LogP contribution in [0.2, 0.25) is 0 Å². The van der Waals surface area contributed by atoms with E-state index < -0.39 is 0 Å². The van der Waals surface area contributed by atoms with Crippen LogP contribution in [0.15, 0.2) is 42.6 Å². The van der Waals surface area contributed by atoms with Crippen LogP contribution >= 0.6 is 0 Å². The van der Waals surface area contributed by atoms with Gasteiger partial charge in [0.15, 0.2) is 0 Å². The van der Waals surface area contributed by atoms with Crippen molar-refractivity contribution in [1.82, 2.24) is 4.98 Å². The number of nitrogens with zero attached hydrogens (tertiary/aromatic N) is 1. The molecule has 3 rings (SSSR count). The van der Waals surface area contributed by atoms with E-state index in [1.807, 2.05) is 12.3 Å². The second-order valence-corrected chi connectivity index (χ2v) is 5.55. The smallest absolute Gasteiger partial charge is 0.0846 e. The van der Waals surface area contributed by atoms with E-state index in [4.69, 9.17) is 10.5 Å². The molecule has 2 aromatic rings. The van der Waals surface area contributed by atoms with Gasteiger partial charge in [0, 0.05) is 6.20 Å². The summed E-state index contributed by atoms with van der Waals surface area (Å²) in [7, 11) is 0. The normalized spacial score (nSPS) is 19.0. The van der Waals surface area contributed by atoms with E-state index in [1.54, 1.807) is 0 Å². The molecule has 0 bridgehead atoms. The van der Waals surface area contributed by atoms with E-state index in [1.165, 1.54) is 16.7 Å². The fourth-order valence-corrected chi connectivity index (χ4v) is 3.10. The highest BCUT2D eigenvalue weighted by Gasteiger charge is 2.24. The Morgan fingerprint density at radius 2 is 2.14 bits per heavy atom. The lowest BCUT2D eigenvalue weighted by atomic mass is 9.92. The highest BCUT2D eigenvalue weighted by Crippen LogP contribution is 2.33. The van der Waals surface area contributed by atoms with Gasteiger partial charge in [0.25, 0.3) is 0 Å². The summed E-state index contributed by atoms with van der Waals surface area (Å²) in [5.74, 6) is 0. The van der Waals surface area contributed by atoms with Crippen molar-refractivity contribution in [2.75, 3.05) is 6.61 Å². The molecule has 1 aromatic carbocycles. The summed E-state index contributed by atoms with van der Waals surface area (Å²) in [6, 6.07) is 12.5. The van der Waals surface area contributed by atoms with E-state index >= 15 is 0 Å². The Labute approximate surface area is 126 Å². The standard InChI is InChI=1S/C18H22N2O/c1-2-13-7-5-10-20-18(13)16(19)12-17-15-8-4-3-6-14(15)9-11-21-17/h3-8,10,16-17H,2,9,11-12,19H2,1H3. The predicted octanol–water partition coefficient (Wildman–Crippen LogP) is 3.35. The van der Waals surface area contributed by atoms with Crippen molar-refractivity contribution in [1.29, 1.82) is 0 Å². The molecular formula is C18H22N2O. The number of hydrogen-bond acceptors (Lipinski definition) is 3. The molecule has 2 heterocycles. The molecule has 2 unspecified atom stereocenters. The molecule has 3 heteroatoms. The van der Waals surface area contributed by atoms with Gasteiger partial charge in [-0.15, -0.1) is 0 Å². The monoisotopic (exact) mass is 282 g/mol. The van der Waals surface area contributed by atoms with Crippen LogP contribution in [0.1, 0.15) is 47.9 Å². The van der Waals surface area contributed by atoms with Crippen molar-refractivity contribution >= 4 is 0 Å². The summed E-state index contributed by atoms with van der Waals surface area (Å²) < 4.78 is 5.96. The van der Waals surface area contributed by atoms with Gasteiger partial charge in [0.2, 0.25) is 0 Å². The van der Waals surface area contributed by atoms with Gasteiger partial charge in [-0.05, 0) is 42.0 Å². The first-order valence-corrected chi connectivity index (χ1v) is 7.68. The van der Waals surface area contributed by atoms with Crippen LogP contribution in [0.25, 0.3) is 0 Å². The van der Waals surface area contributed by atoms with Crippen LogP contribution in [-0.4, -0.2) is 11.6 Å². The summed E-state index contributed by atoms with van der Waals surface area (Å²) in [4.78, 5) is 4.49. The number of aryl methyl sites for hydroxylation is 1. The Hall–Kier alpha value is -1.71. The molecule has 0 spiro atoms. The van der Waals surface area contributed by atoms with Crippen molar-refractivity contribution in [3.63, 3.8) is 0 Å². The molecule has 0 radical (unpaired) electrons. The molecular weight excluding hydrogens is 260 g/mol. The van der Waals surface area contributed by atoms with Gasteiger partial charge in [0.1, 0.15) is 0 Å². The third-order valence-corrected chi connectivity index (χ3v) is 4.22. The van der Waals surface area contributed by atoms with Crippen LogP contribution < -0.4 is 5.73 Å². The molecule has 2 N–H and O–H groups in total. The Balaban J connectivity index is 1.81. The minimum Gasteiger partial charge on any atom is -0.373 e. The van der Waals surface area contributed by atoms with Gasteiger partial charge in [-0.2, -0.15) is 0 Å². The highest BCUT2D eigenvalue weighted by atomic mass is 16.5. The van der Waals surface area contributed by atoms with E-state index in [-0.39, 0.29) is 12.1 Å². The van der Waals surface area contributed by atoms with Crippen LogP contribution in [0.3, 0.4) is 0 Å². The summed E-state index contributed by atoms with van der Waals surface area (Å²) >= 11 is 0. The fraction of sp³-hybridized carbons (Fsp3) is 0.389. The van der Waals surface area contributed by atoms with E-state index in [9.17, 15) is 0 Å². The van der Waals surface area contributed by atoms with E-state index in [0.717, 1.165) is 31.6 Å². The average molecular weight is 282 g/mol. The molecule has 0 saturated carbocycles. The maximum atomic E-state index is 6.42. The first-order chi connectivity index (χ1) is 10.3. The van der Waals surface area contributed by atoms with Gasteiger partial charge in [-0.25, -0.2) is 0 Å². The molecule has 0 aliphatic carbocycles. The van der Waals surface area contributed by atoms with Gasteiger partial charge >= 0.3 is 0 Å². The predicted molar refractivity (Wildman–Crippen MR) is 84.0 cm³/mol. The minimum atomic E-state index is -0.0858. The maximum Gasteiger partial charge on any atom is 0.0846 e. The number of nitrogens with two attached hydrogens (primary N) is 1. The minimum absolute atomic E-state index is 0.0802. The van der Waals surface area contributed by atoms with Gasteiger partial charge in [-0.3, -0.25) is 4.98 Å². The third kappa shape index (κ3) is 2.99. The molecule has 1 aliphatic rings. The van der Waals surface area contributed by atoms with Crippen molar-refractivity contribution in [3.8, 4) is 0 Å². The zero-order chi connectivity index (χ0) is 14.7. The lowest BCUT2D eigenvalue weighted by Crippen LogP contribution is -2.23. The molecule has 2 atom stereocenters. The number of pyridine rings is 1. The first-order valence-electron chi connectivity index (χ1n) is 7.68. The molecule has 1 aromatic heterocycles. The number of ether oxygens (including phenoxy) is 1. The quantitative estimate of drug-likeness (QED) is 0.935. The van der Waals surface area contributed by atoms with Gasteiger partial charge in [0.05, 0.1) is 24.4 Å². The van der Waals surface area contributed by atoms with Crippen molar-refractivity contribution in [3.05, 3.63) is 65.0 Å². The fourth-order valence-electron chi connectivity index (χ4n) is 3.10. The Kier molecular flexibility index (Phi) is 4.32. The molecule has 1 aliphatic heterocycles. The van der Waals surface area contributed by atoms with Gasteiger partial charge < -0.3 is 10.5 Å². The molecule has 0 saturated heterocycles. The summed E-state index contributed by atoms with van der Waals surface area (Å²) in [6.07, 6.45) is 4.63. The topological polar surface area (TPSA) is 48.1 Å². The zero-order valence-electron chi connectivity index (χ0n) is 12.5. The number of fused-ring (bicyclic) bond motifs is 1.